The fourth-order valence-corrected chi connectivity index (χ4v) is 1.24. The third-order valence-electron chi connectivity index (χ3n) is 2.01. The first-order chi connectivity index (χ1) is 6.11. The van der Waals surface area contributed by atoms with E-state index in [1.54, 1.807) is 0 Å². The van der Waals surface area contributed by atoms with E-state index in [0.717, 1.165) is 12.1 Å². The Bertz CT molecular complexity index is 288. The average Bonchev–Trinajstić information content (AvgIpc) is 2.47. The van der Waals surface area contributed by atoms with Crippen molar-refractivity contribution < 1.29 is 0 Å². The largest absolute Gasteiger partial charge is 0.305 e. The SMILES string of the molecule is C=C(C)CNC(C)c1ccnn1C. The van der Waals surface area contributed by atoms with Crippen LogP contribution in [0.5, 0.6) is 0 Å². The van der Waals surface area contributed by atoms with Crippen LogP contribution in [0.3, 0.4) is 0 Å². The van der Waals surface area contributed by atoms with Gasteiger partial charge in [0, 0.05) is 25.8 Å². The summed E-state index contributed by atoms with van der Waals surface area (Å²) in [6.45, 7) is 8.84. The molecule has 0 spiro atoms. The second-order valence-corrected chi connectivity index (χ2v) is 3.44. The summed E-state index contributed by atoms with van der Waals surface area (Å²) in [5.74, 6) is 0. The lowest BCUT2D eigenvalue weighted by molar-refractivity contribution is 0.552. The van der Waals surface area contributed by atoms with Crippen molar-refractivity contribution in [3.05, 3.63) is 30.1 Å². The van der Waals surface area contributed by atoms with Crippen LogP contribution >= 0.6 is 0 Å². The van der Waals surface area contributed by atoms with Gasteiger partial charge in [-0.1, -0.05) is 12.2 Å². The maximum absolute atomic E-state index is 4.12. The second-order valence-electron chi connectivity index (χ2n) is 3.44. The van der Waals surface area contributed by atoms with E-state index < -0.39 is 0 Å². The molecule has 1 aromatic rings. The lowest BCUT2D eigenvalue weighted by Crippen LogP contribution is -2.22. The third kappa shape index (κ3) is 2.70. The maximum atomic E-state index is 4.12. The molecule has 1 aromatic heterocycles. The number of nitrogens with one attached hydrogen (secondary N) is 1. The minimum atomic E-state index is 0.323. The Hall–Kier alpha value is -1.09. The van der Waals surface area contributed by atoms with Gasteiger partial charge in [-0.05, 0) is 19.9 Å². The van der Waals surface area contributed by atoms with Crippen LogP contribution in [0.4, 0.5) is 0 Å². The minimum absolute atomic E-state index is 0.323. The lowest BCUT2D eigenvalue weighted by Gasteiger charge is -2.13. The molecule has 0 saturated heterocycles. The minimum Gasteiger partial charge on any atom is -0.305 e. The number of aryl methyl sites for hydroxylation is 1. The van der Waals surface area contributed by atoms with Crippen molar-refractivity contribution in [3.8, 4) is 0 Å². The van der Waals surface area contributed by atoms with Crippen molar-refractivity contribution in [1.82, 2.24) is 15.1 Å². The van der Waals surface area contributed by atoms with Gasteiger partial charge in [-0.15, -0.1) is 0 Å². The van der Waals surface area contributed by atoms with E-state index in [-0.39, 0.29) is 0 Å². The molecule has 0 aliphatic carbocycles. The van der Waals surface area contributed by atoms with Gasteiger partial charge in [0.1, 0.15) is 0 Å². The Kier molecular flexibility index (Phi) is 3.25. The van der Waals surface area contributed by atoms with Crippen LogP contribution in [-0.4, -0.2) is 16.3 Å². The van der Waals surface area contributed by atoms with Gasteiger partial charge in [0.05, 0.1) is 5.69 Å². The highest BCUT2D eigenvalue weighted by Gasteiger charge is 2.07. The third-order valence-corrected chi connectivity index (χ3v) is 2.01. The molecule has 0 bridgehead atoms. The predicted octanol–water partition coefficient (Wildman–Crippen LogP) is 1.65. The Balaban J connectivity index is 2.53. The smallest absolute Gasteiger partial charge is 0.0547 e. The molecule has 0 aliphatic rings. The van der Waals surface area contributed by atoms with E-state index in [0.29, 0.717) is 6.04 Å². The molecule has 1 N–H and O–H groups in total. The van der Waals surface area contributed by atoms with Crippen molar-refractivity contribution in [2.45, 2.75) is 19.9 Å². The zero-order valence-electron chi connectivity index (χ0n) is 8.54. The molecule has 0 fully saturated rings. The van der Waals surface area contributed by atoms with Crippen molar-refractivity contribution in [2.24, 2.45) is 7.05 Å². The molecule has 1 heterocycles. The number of nitrogens with zero attached hydrogens (tertiary/aromatic N) is 2. The molecular weight excluding hydrogens is 162 g/mol. The highest BCUT2D eigenvalue weighted by molar-refractivity contribution is 5.06. The average molecular weight is 179 g/mol. The Morgan fingerprint density at radius 1 is 1.77 bits per heavy atom. The maximum Gasteiger partial charge on any atom is 0.0547 e. The van der Waals surface area contributed by atoms with Gasteiger partial charge >= 0.3 is 0 Å². The van der Waals surface area contributed by atoms with E-state index in [4.69, 9.17) is 0 Å². The Labute approximate surface area is 79.5 Å². The van der Waals surface area contributed by atoms with Crippen LogP contribution in [0.2, 0.25) is 0 Å². The molecule has 0 aromatic carbocycles. The fourth-order valence-electron chi connectivity index (χ4n) is 1.24. The topological polar surface area (TPSA) is 29.9 Å². The zero-order valence-corrected chi connectivity index (χ0v) is 8.54. The van der Waals surface area contributed by atoms with E-state index in [1.807, 2.05) is 30.9 Å². The van der Waals surface area contributed by atoms with E-state index in [9.17, 15) is 0 Å². The van der Waals surface area contributed by atoms with Crippen LogP contribution in [-0.2, 0) is 7.05 Å². The molecule has 0 saturated carbocycles. The van der Waals surface area contributed by atoms with Crippen molar-refractivity contribution in [1.29, 1.82) is 0 Å². The molecule has 3 heteroatoms. The highest BCUT2D eigenvalue weighted by atomic mass is 15.3. The summed E-state index contributed by atoms with van der Waals surface area (Å²) >= 11 is 0. The van der Waals surface area contributed by atoms with E-state index in [1.165, 1.54) is 5.69 Å². The van der Waals surface area contributed by atoms with Gasteiger partial charge in [0.25, 0.3) is 0 Å². The summed E-state index contributed by atoms with van der Waals surface area (Å²) in [5, 5.41) is 7.48. The van der Waals surface area contributed by atoms with Crippen molar-refractivity contribution in [2.75, 3.05) is 6.54 Å². The lowest BCUT2D eigenvalue weighted by atomic mass is 10.2. The van der Waals surface area contributed by atoms with Crippen LogP contribution in [0.25, 0.3) is 0 Å². The fraction of sp³-hybridized carbons (Fsp3) is 0.500. The molecule has 0 aliphatic heterocycles. The Morgan fingerprint density at radius 3 is 2.92 bits per heavy atom. The van der Waals surface area contributed by atoms with E-state index in [2.05, 4.69) is 23.9 Å². The molecule has 1 atom stereocenters. The summed E-state index contributed by atoms with van der Waals surface area (Å²) < 4.78 is 1.89. The summed E-state index contributed by atoms with van der Waals surface area (Å²) in [7, 11) is 1.95. The summed E-state index contributed by atoms with van der Waals surface area (Å²) in [6, 6.07) is 2.35. The van der Waals surface area contributed by atoms with Gasteiger partial charge in [-0.3, -0.25) is 4.68 Å². The molecule has 0 radical (unpaired) electrons. The van der Waals surface area contributed by atoms with Crippen LogP contribution in [0.1, 0.15) is 25.6 Å². The molecule has 1 rings (SSSR count). The summed E-state index contributed by atoms with van der Waals surface area (Å²) in [6.07, 6.45) is 1.81. The number of rotatable bonds is 4. The molecule has 3 nitrogen and oxygen atoms in total. The first-order valence-electron chi connectivity index (χ1n) is 4.47. The zero-order chi connectivity index (χ0) is 9.84. The van der Waals surface area contributed by atoms with Crippen LogP contribution < -0.4 is 5.32 Å². The summed E-state index contributed by atoms with van der Waals surface area (Å²) in [4.78, 5) is 0. The molecule has 13 heavy (non-hydrogen) atoms. The second kappa shape index (κ2) is 4.23. The molecule has 0 amide bonds. The van der Waals surface area contributed by atoms with Gasteiger partial charge in [0.15, 0.2) is 0 Å². The van der Waals surface area contributed by atoms with Gasteiger partial charge in [-0.2, -0.15) is 5.10 Å². The Morgan fingerprint density at radius 2 is 2.46 bits per heavy atom. The summed E-state index contributed by atoms with van der Waals surface area (Å²) in [5.41, 5.74) is 2.34. The number of aromatic nitrogens is 2. The number of hydrogen-bond acceptors (Lipinski definition) is 2. The van der Waals surface area contributed by atoms with E-state index >= 15 is 0 Å². The van der Waals surface area contributed by atoms with Gasteiger partial charge < -0.3 is 5.32 Å². The van der Waals surface area contributed by atoms with Gasteiger partial charge in [-0.25, -0.2) is 0 Å². The monoisotopic (exact) mass is 179 g/mol. The number of hydrogen-bond donors (Lipinski definition) is 1. The molecular formula is C10H17N3. The van der Waals surface area contributed by atoms with Gasteiger partial charge in [0.2, 0.25) is 0 Å². The highest BCUT2D eigenvalue weighted by Crippen LogP contribution is 2.09. The normalized spacial score (nSPS) is 12.8. The van der Waals surface area contributed by atoms with Crippen molar-refractivity contribution >= 4 is 0 Å². The standard InChI is InChI=1S/C10H17N3/c1-8(2)7-11-9(3)10-5-6-12-13(10)4/h5-6,9,11H,1,7H2,2-4H3. The first-order valence-corrected chi connectivity index (χ1v) is 4.47. The van der Waals surface area contributed by atoms with Crippen molar-refractivity contribution in [3.63, 3.8) is 0 Å². The van der Waals surface area contributed by atoms with Crippen LogP contribution in [0.15, 0.2) is 24.4 Å². The quantitative estimate of drug-likeness (QED) is 0.712. The molecule has 72 valence electrons. The predicted molar refractivity (Wildman–Crippen MR) is 54.4 cm³/mol. The first kappa shape index (κ1) is 9.99. The van der Waals surface area contributed by atoms with Crippen LogP contribution in [0, 0.1) is 0 Å². The molecule has 1 unspecified atom stereocenters.